The molecule has 1 atom stereocenters. The number of piperidine rings is 1. The first-order valence-corrected chi connectivity index (χ1v) is 7.01. The van der Waals surface area contributed by atoms with Crippen molar-refractivity contribution < 1.29 is 22.8 Å². The van der Waals surface area contributed by atoms with Gasteiger partial charge in [0, 0.05) is 31.3 Å². The van der Waals surface area contributed by atoms with Crippen LogP contribution in [0.3, 0.4) is 0 Å². The van der Waals surface area contributed by atoms with E-state index in [2.05, 4.69) is 5.32 Å². The lowest BCUT2D eigenvalue weighted by Crippen LogP contribution is -2.44. The molecular formula is C15H17F3N2O2. The maximum absolute atomic E-state index is 12.8. The molecule has 1 saturated heterocycles. The molecule has 7 heteroatoms. The fourth-order valence-corrected chi connectivity index (χ4v) is 2.51. The molecule has 1 aliphatic rings. The van der Waals surface area contributed by atoms with Crippen LogP contribution < -0.4 is 5.32 Å². The van der Waals surface area contributed by atoms with Crippen molar-refractivity contribution in [3.63, 3.8) is 0 Å². The molecule has 1 aromatic rings. The predicted molar refractivity (Wildman–Crippen MR) is 75.4 cm³/mol. The molecule has 22 heavy (non-hydrogen) atoms. The summed E-state index contributed by atoms with van der Waals surface area (Å²) in [6.45, 7) is 1.40. The van der Waals surface area contributed by atoms with E-state index in [0.717, 1.165) is 0 Å². The molecule has 4 nitrogen and oxygen atoms in total. The third kappa shape index (κ3) is 3.99. The smallest absolute Gasteiger partial charge is 0.338 e. The highest BCUT2D eigenvalue weighted by Crippen LogP contribution is 2.33. The molecule has 1 aromatic carbocycles. The predicted octanol–water partition coefficient (Wildman–Crippen LogP) is 3.06. The van der Waals surface area contributed by atoms with E-state index in [9.17, 15) is 22.8 Å². The van der Waals surface area contributed by atoms with E-state index in [-0.39, 0.29) is 18.9 Å². The molecule has 0 radical (unpaired) electrons. The molecule has 120 valence electrons. The van der Waals surface area contributed by atoms with Crippen molar-refractivity contribution in [3.05, 3.63) is 29.8 Å². The fraction of sp³-hybridized carbons (Fsp3) is 0.467. The van der Waals surface area contributed by atoms with Gasteiger partial charge in [0.1, 0.15) is 0 Å². The van der Waals surface area contributed by atoms with Gasteiger partial charge in [0.25, 0.3) is 5.91 Å². The van der Waals surface area contributed by atoms with Crippen LogP contribution in [0.4, 0.5) is 18.9 Å². The first-order chi connectivity index (χ1) is 10.3. The normalized spacial score (nSPS) is 18.9. The van der Waals surface area contributed by atoms with Gasteiger partial charge in [-0.25, -0.2) is 0 Å². The van der Waals surface area contributed by atoms with Gasteiger partial charge in [-0.05, 0) is 37.1 Å². The number of anilines is 1. The van der Waals surface area contributed by atoms with Gasteiger partial charge in [0.2, 0.25) is 5.91 Å². The zero-order chi connectivity index (χ0) is 16.3. The zero-order valence-corrected chi connectivity index (χ0v) is 12.1. The number of carbonyl (C=O) groups is 2. The van der Waals surface area contributed by atoms with Gasteiger partial charge in [-0.2, -0.15) is 13.2 Å². The Morgan fingerprint density at radius 2 is 1.86 bits per heavy atom. The molecule has 0 aliphatic carbocycles. The average Bonchev–Trinajstić information content (AvgIpc) is 2.46. The minimum Gasteiger partial charge on any atom is -0.338 e. The minimum atomic E-state index is -4.27. The largest absolute Gasteiger partial charge is 0.393 e. The quantitative estimate of drug-likeness (QED) is 0.912. The summed E-state index contributed by atoms with van der Waals surface area (Å²) in [6, 6.07) is 6.12. The molecular weight excluding hydrogens is 297 g/mol. The van der Waals surface area contributed by atoms with Crippen LogP contribution in [-0.2, 0) is 4.79 Å². The maximum atomic E-state index is 12.8. The van der Waals surface area contributed by atoms with Crippen LogP contribution >= 0.6 is 0 Å². The van der Waals surface area contributed by atoms with Crippen molar-refractivity contribution in [1.29, 1.82) is 0 Å². The van der Waals surface area contributed by atoms with E-state index in [1.54, 1.807) is 12.1 Å². The molecule has 2 rings (SSSR count). The molecule has 2 amide bonds. The second-order valence-corrected chi connectivity index (χ2v) is 5.39. The molecule has 0 unspecified atom stereocenters. The van der Waals surface area contributed by atoms with Crippen LogP contribution in [0, 0.1) is 5.92 Å². The molecule has 1 heterocycles. The lowest BCUT2D eigenvalue weighted by atomic mass is 9.97. The Labute approximate surface area is 126 Å². The summed E-state index contributed by atoms with van der Waals surface area (Å²) in [7, 11) is 0. The Balaban J connectivity index is 2.06. The number of amides is 2. The highest BCUT2D eigenvalue weighted by Gasteiger charge is 2.42. The first kappa shape index (κ1) is 16.3. The van der Waals surface area contributed by atoms with Crippen LogP contribution in [0.1, 0.15) is 30.1 Å². The summed E-state index contributed by atoms with van der Waals surface area (Å²) in [5.41, 5.74) is 0.854. The average molecular weight is 314 g/mol. The number of nitrogens with zero attached hydrogens (tertiary/aromatic N) is 1. The second-order valence-electron chi connectivity index (χ2n) is 5.39. The van der Waals surface area contributed by atoms with E-state index in [4.69, 9.17) is 0 Å². The Hall–Kier alpha value is -2.05. The number of nitrogens with one attached hydrogen (secondary N) is 1. The molecule has 0 bridgehead atoms. The van der Waals surface area contributed by atoms with Gasteiger partial charge in [-0.15, -0.1) is 0 Å². The monoisotopic (exact) mass is 314 g/mol. The Kier molecular flexibility index (Phi) is 4.73. The molecule has 1 aliphatic heterocycles. The number of alkyl halides is 3. The van der Waals surface area contributed by atoms with Gasteiger partial charge in [-0.3, -0.25) is 9.59 Å². The van der Waals surface area contributed by atoms with Crippen molar-refractivity contribution in [1.82, 2.24) is 4.90 Å². The molecule has 0 aromatic heterocycles. The van der Waals surface area contributed by atoms with E-state index in [1.807, 2.05) is 0 Å². The van der Waals surface area contributed by atoms with E-state index in [1.165, 1.54) is 24.0 Å². The van der Waals surface area contributed by atoms with E-state index < -0.39 is 18.0 Å². The van der Waals surface area contributed by atoms with Crippen molar-refractivity contribution in [2.45, 2.75) is 25.9 Å². The highest BCUT2D eigenvalue weighted by atomic mass is 19.4. The third-order valence-electron chi connectivity index (χ3n) is 3.62. The van der Waals surface area contributed by atoms with Crippen molar-refractivity contribution >= 4 is 17.5 Å². The Morgan fingerprint density at radius 3 is 2.41 bits per heavy atom. The summed E-state index contributed by atoms with van der Waals surface area (Å²) in [5, 5.41) is 2.56. The molecule has 1 fully saturated rings. The van der Waals surface area contributed by atoms with Crippen molar-refractivity contribution in [2.24, 2.45) is 5.92 Å². The topological polar surface area (TPSA) is 49.4 Å². The fourth-order valence-electron chi connectivity index (χ4n) is 2.51. The highest BCUT2D eigenvalue weighted by molar-refractivity contribution is 5.95. The summed E-state index contributed by atoms with van der Waals surface area (Å²) >= 11 is 0. The van der Waals surface area contributed by atoms with Gasteiger partial charge in [-0.1, -0.05) is 0 Å². The van der Waals surface area contributed by atoms with Crippen LogP contribution in [0.25, 0.3) is 0 Å². The van der Waals surface area contributed by atoms with Crippen LogP contribution in [0.5, 0.6) is 0 Å². The summed E-state index contributed by atoms with van der Waals surface area (Å²) < 4.78 is 38.3. The van der Waals surface area contributed by atoms with Gasteiger partial charge in [0.15, 0.2) is 0 Å². The van der Waals surface area contributed by atoms with Crippen LogP contribution in [0.2, 0.25) is 0 Å². The number of hydrogen-bond acceptors (Lipinski definition) is 2. The number of rotatable bonds is 2. The number of likely N-dealkylation sites (tertiary alicyclic amines) is 1. The van der Waals surface area contributed by atoms with E-state index in [0.29, 0.717) is 24.2 Å². The summed E-state index contributed by atoms with van der Waals surface area (Å²) in [4.78, 5) is 24.4. The standard InChI is InChI=1S/C15H17F3N2O2/c1-10(21)19-13-6-4-11(5-7-13)14(22)20-8-2-3-12(9-20)15(16,17)18/h4-7,12H,2-3,8-9H2,1H3,(H,19,21)/t12-/m0/s1. The number of halogens is 3. The third-order valence-corrected chi connectivity index (χ3v) is 3.62. The van der Waals surface area contributed by atoms with E-state index >= 15 is 0 Å². The first-order valence-electron chi connectivity index (χ1n) is 7.01. The summed E-state index contributed by atoms with van der Waals surface area (Å²) in [5.74, 6) is -2.10. The summed E-state index contributed by atoms with van der Waals surface area (Å²) in [6.07, 6.45) is -3.86. The van der Waals surface area contributed by atoms with Crippen LogP contribution in [0.15, 0.2) is 24.3 Å². The number of carbonyl (C=O) groups excluding carboxylic acids is 2. The molecule has 0 spiro atoms. The maximum Gasteiger partial charge on any atom is 0.393 e. The zero-order valence-electron chi connectivity index (χ0n) is 12.1. The number of benzene rings is 1. The molecule has 1 N–H and O–H groups in total. The lowest BCUT2D eigenvalue weighted by Gasteiger charge is -2.33. The Morgan fingerprint density at radius 1 is 1.23 bits per heavy atom. The minimum absolute atomic E-state index is 0.0642. The van der Waals surface area contributed by atoms with Gasteiger partial charge >= 0.3 is 6.18 Å². The lowest BCUT2D eigenvalue weighted by molar-refractivity contribution is -0.184. The van der Waals surface area contributed by atoms with Crippen molar-refractivity contribution in [3.8, 4) is 0 Å². The van der Waals surface area contributed by atoms with Crippen LogP contribution in [-0.4, -0.2) is 36.0 Å². The van der Waals surface area contributed by atoms with Gasteiger partial charge < -0.3 is 10.2 Å². The second kappa shape index (κ2) is 6.37. The molecule has 0 saturated carbocycles. The van der Waals surface area contributed by atoms with Crippen molar-refractivity contribution in [2.75, 3.05) is 18.4 Å². The van der Waals surface area contributed by atoms with Gasteiger partial charge in [0.05, 0.1) is 5.92 Å². The SMILES string of the molecule is CC(=O)Nc1ccc(C(=O)N2CCC[C@H](C(F)(F)F)C2)cc1. The number of hydrogen-bond donors (Lipinski definition) is 1. The Bertz CT molecular complexity index is 555.